The van der Waals surface area contributed by atoms with Crippen LogP contribution in [0.5, 0.6) is 0 Å². The van der Waals surface area contributed by atoms with Gasteiger partial charge in [0.2, 0.25) is 0 Å². The molecule has 13 heteroatoms. The van der Waals surface area contributed by atoms with E-state index in [4.69, 9.17) is 14.7 Å². The lowest BCUT2D eigenvalue weighted by Gasteiger charge is -2.35. The van der Waals surface area contributed by atoms with E-state index in [0.29, 0.717) is 61.2 Å². The Balaban J connectivity index is 1.40. The number of nitrogens with zero attached hydrogens (tertiary/aromatic N) is 3. The van der Waals surface area contributed by atoms with E-state index in [1.807, 2.05) is 6.92 Å². The SMILES string of the molecule is C[C@H]1COCCN1c1cc(C2(S(C)(=O)=O)CCCC2)nc(-c2ccc(NC(=O)Nc3ccc(C(F)(F)F)cc3)cc2)n1. The molecule has 1 atom stereocenters. The monoisotopic (exact) mass is 603 g/mol. The minimum atomic E-state index is -4.46. The van der Waals surface area contributed by atoms with Crippen LogP contribution in [-0.2, 0) is 25.5 Å². The molecule has 3 aromatic rings. The van der Waals surface area contributed by atoms with Crippen molar-refractivity contribution in [1.82, 2.24) is 9.97 Å². The molecular formula is C29H32F3N5O4S. The van der Waals surface area contributed by atoms with Crippen LogP contribution in [0, 0.1) is 0 Å². The fourth-order valence-corrected chi connectivity index (χ4v) is 7.03. The first-order valence-electron chi connectivity index (χ1n) is 13.6. The predicted octanol–water partition coefficient (Wildman–Crippen LogP) is 5.85. The molecule has 1 saturated heterocycles. The molecular weight excluding hydrogens is 571 g/mol. The van der Waals surface area contributed by atoms with Gasteiger partial charge in [0.25, 0.3) is 0 Å². The van der Waals surface area contributed by atoms with Crippen molar-refractivity contribution in [1.29, 1.82) is 0 Å². The molecule has 0 bridgehead atoms. The number of amides is 2. The van der Waals surface area contributed by atoms with Gasteiger partial charge in [-0.15, -0.1) is 0 Å². The number of ether oxygens (including phenoxy) is 1. The zero-order chi connectivity index (χ0) is 30.1. The number of rotatable bonds is 6. The summed E-state index contributed by atoms with van der Waals surface area (Å²) in [7, 11) is -3.48. The van der Waals surface area contributed by atoms with Crippen molar-refractivity contribution in [3.8, 4) is 11.4 Å². The zero-order valence-corrected chi connectivity index (χ0v) is 24.1. The summed E-state index contributed by atoms with van der Waals surface area (Å²) < 4.78 is 69.1. The standard InChI is InChI=1S/C29H32F3N5O4S/c1-19-18-41-16-15-37(19)25-17-24(28(42(2,39)40)13-3-4-14-28)35-26(36-25)20-5-9-22(10-6-20)33-27(38)34-23-11-7-21(8-12-23)29(30,31)32/h5-12,17,19H,3-4,13-16,18H2,1-2H3,(H2,33,34,38)/t19-/m0/s1. The summed E-state index contributed by atoms with van der Waals surface area (Å²) in [6, 6.07) is 12.1. The highest BCUT2D eigenvalue weighted by atomic mass is 32.2. The minimum Gasteiger partial charge on any atom is -0.377 e. The second-order valence-corrected chi connectivity index (χ2v) is 13.1. The second-order valence-electron chi connectivity index (χ2n) is 10.8. The molecule has 9 nitrogen and oxygen atoms in total. The number of halogens is 3. The third kappa shape index (κ3) is 6.21. The Hall–Kier alpha value is -3.71. The molecule has 1 aliphatic carbocycles. The van der Waals surface area contributed by atoms with E-state index in [2.05, 4.69) is 15.5 Å². The third-order valence-corrected chi connectivity index (χ3v) is 9.87. The molecule has 42 heavy (non-hydrogen) atoms. The van der Waals surface area contributed by atoms with Crippen molar-refractivity contribution in [3.63, 3.8) is 0 Å². The molecule has 2 aliphatic rings. The van der Waals surface area contributed by atoms with Crippen LogP contribution in [0.4, 0.5) is 35.2 Å². The summed E-state index contributed by atoms with van der Waals surface area (Å²) >= 11 is 0. The topological polar surface area (TPSA) is 114 Å². The normalized spacial score (nSPS) is 19.0. The van der Waals surface area contributed by atoms with E-state index < -0.39 is 32.4 Å². The van der Waals surface area contributed by atoms with Gasteiger partial charge in [-0.05, 0) is 68.3 Å². The Morgan fingerprint density at radius 3 is 2.14 bits per heavy atom. The molecule has 1 saturated carbocycles. The van der Waals surface area contributed by atoms with Crippen molar-refractivity contribution in [2.45, 2.75) is 49.6 Å². The first-order valence-corrected chi connectivity index (χ1v) is 15.5. The van der Waals surface area contributed by atoms with Crippen LogP contribution < -0.4 is 15.5 Å². The van der Waals surface area contributed by atoms with Crippen LogP contribution in [-0.4, -0.2) is 56.5 Å². The summed E-state index contributed by atoms with van der Waals surface area (Å²) in [5.74, 6) is 1.01. The van der Waals surface area contributed by atoms with Gasteiger partial charge in [-0.25, -0.2) is 23.2 Å². The van der Waals surface area contributed by atoms with Gasteiger partial charge in [-0.2, -0.15) is 13.2 Å². The van der Waals surface area contributed by atoms with Gasteiger partial charge in [0.15, 0.2) is 15.7 Å². The molecule has 0 spiro atoms. The van der Waals surface area contributed by atoms with E-state index in [0.717, 1.165) is 25.0 Å². The van der Waals surface area contributed by atoms with Crippen LogP contribution in [0.1, 0.15) is 43.9 Å². The van der Waals surface area contributed by atoms with Crippen LogP contribution in [0.3, 0.4) is 0 Å². The summed E-state index contributed by atoms with van der Waals surface area (Å²) in [6.45, 7) is 3.70. The number of sulfone groups is 1. The number of urea groups is 1. The summed E-state index contributed by atoms with van der Waals surface area (Å²) in [4.78, 5) is 24.2. The first-order chi connectivity index (χ1) is 19.9. The van der Waals surface area contributed by atoms with Crippen LogP contribution >= 0.6 is 0 Å². The number of morpholine rings is 1. The molecule has 1 aromatic heterocycles. The molecule has 2 fully saturated rings. The Labute approximate surface area is 242 Å². The lowest BCUT2D eigenvalue weighted by atomic mass is 10.0. The second kappa shape index (κ2) is 11.5. The third-order valence-electron chi connectivity index (χ3n) is 7.83. The fourth-order valence-electron chi connectivity index (χ4n) is 5.51. The summed E-state index contributed by atoms with van der Waals surface area (Å²) in [5.41, 5.74) is 0.953. The van der Waals surface area contributed by atoms with Crippen LogP contribution in [0.15, 0.2) is 54.6 Å². The van der Waals surface area contributed by atoms with Gasteiger partial charge in [0.05, 0.1) is 30.5 Å². The summed E-state index contributed by atoms with van der Waals surface area (Å²) in [6.07, 6.45) is -0.605. The number of alkyl halides is 3. The van der Waals surface area contributed by atoms with E-state index in [1.54, 1.807) is 30.3 Å². The Morgan fingerprint density at radius 1 is 1.00 bits per heavy atom. The van der Waals surface area contributed by atoms with Crippen molar-refractivity contribution in [2.75, 3.05) is 41.5 Å². The van der Waals surface area contributed by atoms with Crippen LogP contribution in [0.2, 0.25) is 0 Å². The van der Waals surface area contributed by atoms with Crippen molar-refractivity contribution in [3.05, 3.63) is 65.9 Å². The number of nitrogens with one attached hydrogen (secondary N) is 2. The van der Waals surface area contributed by atoms with Crippen LogP contribution in [0.25, 0.3) is 11.4 Å². The molecule has 0 unspecified atom stereocenters. The largest absolute Gasteiger partial charge is 0.416 e. The lowest BCUT2D eigenvalue weighted by Crippen LogP contribution is -2.44. The quantitative estimate of drug-likeness (QED) is 0.364. The van der Waals surface area contributed by atoms with Gasteiger partial charge < -0.3 is 20.3 Å². The van der Waals surface area contributed by atoms with E-state index in [-0.39, 0.29) is 11.7 Å². The average molecular weight is 604 g/mol. The van der Waals surface area contributed by atoms with Gasteiger partial charge in [-0.1, -0.05) is 12.8 Å². The number of hydrogen-bond donors (Lipinski definition) is 2. The first kappa shape index (κ1) is 29.8. The molecule has 2 N–H and O–H groups in total. The maximum absolute atomic E-state index is 13.1. The highest BCUT2D eigenvalue weighted by Gasteiger charge is 2.47. The van der Waals surface area contributed by atoms with Gasteiger partial charge in [0, 0.05) is 35.8 Å². The average Bonchev–Trinajstić information content (AvgIpc) is 3.45. The van der Waals surface area contributed by atoms with Gasteiger partial charge in [0.1, 0.15) is 10.6 Å². The zero-order valence-electron chi connectivity index (χ0n) is 23.2. The minimum absolute atomic E-state index is 0.0434. The van der Waals surface area contributed by atoms with Gasteiger partial charge >= 0.3 is 12.2 Å². The Bertz CT molecular complexity index is 1540. The van der Waals surface area contributed by atoms with E-state index in [9.17, 15) is 26.4 Å². The smallest absolute Gasteiger partial charge is 0.377 e. The lowest BCUT2D eigenvalue weighted by molar-refractivity contribution is -0.137. The number of carbonyl (C=O) groups is 1. The molecule has 1 aliphatic heterocycles. The highest BCUT2D eigenvalue weighted by Crippen LogP contribution is 2.45. The van der Waals surface area contributed by atoms with Crippen molar-refractivity contribution >= 4 is 33.1 Å². The Morgan fingerprint density at radius 2 is 1.60 bits per heavy atom. The van der Waals surface area contributed by atoms with E-state index in [1.165, 1.54) is 18.4 Å². The number of anilines is 3. The number of hydrogen-bond acceptors (Lipinski definition) is 7. The maximum Gasteiger partial charge on any atom is 0.416 e. The predicted molar refractivity (Wildman–Crippen MR) is 154 cm³/mol. The maximum atomic E-state index is 13.1. The molecule has 224 valence electrons. The van der Waals surface area contributed by atoms with Gasteiger partial charge in [-0.3, -0.25) is 0 Å². The number of carbonyl (C=O) groups excluding carboxylic acids is 1. The molecule has 0 radical (unpaired) electrons. The van der Waals surface area contributed by atoms with Crippen molar-refractivity contribution in [2.24, 2.45) is 0 Å². The van der Waals surface area contributed by atoms with E-state index >= 15 is 0 Å². The molecule has 2 heterocycles. The number of benzene rings is 2. The fraction of sp³-hybridized carbons (Fsp3) is 0.414. The Kier molecular flexibility index (Phi) is 8.17. The molecule has 2 amide bonds. The highest BCUT2D eigenvalue weighted by molar-refractivity contribution is 7.91. The summed E-state index contributed by atoms with van der Waals surface area (Å²) in [5, 5.41) is 5.16. The van der Waals surface area contributed by atoms with Crippen molar-refractivity contribution < 1.29 is 31.1 Å². The number of aromatic nitrogens is 2. The molecule has 2 aromatic carbocycles. The molecule has 5 rings (SSSR count).